The van der Waals surface area contributed by atoms with Gasteiger partial charge in [-0.15, -0.1) is 0 Å². The SMILES string of the molecule is F[I-]I(I)I. The Balaban J connectivity index is 2.54. The van der Waals surface area contributed by atoms with Gasteiger partial charge in [-0.1, -0.05) is 0 Å². The minimum atomic E-state index is -0.899. The Labute approximate surface area is 63.9 Å². The molecule has 0 amide bonds. The molecule has 0 unspecified atom stereocenters. The van der Waals surface area contributed by atoms with Crippen LogP contribution in [0, 0.1) is 0 Å². The van der Waals surface area contributed by atoms with Crippen LogP contribution in [0.3, 0.4) is 0 Å². The molecule has 0 aromatic rings. The predicted molar refractivity (Wildman–Crippen MR) is 43.2 cm³/mol. The molecule has 0 saturated carbocycles. The Morgan fingerprint density at radius 3 is 1.80 bits per heavy atom. The van der Waals surface area contributed by atoms with Crippen molar-refractivity contribution in [3.05, 3.63) is 0 Å². The fraction of sp³-hybridized carbons (Fsp3) is 0. The van der Waals surface area contributed by atoms with E-state index in [1.807, 2.05) is 0 Å². The zero-order valence-electron chi connectivity index (χ0n) is 1.89. The van der Waals surface area contributed by atoms with E-state index < -0.39 is 25.7 Å². The van der Waals surface area contributed by atoms with Crippen LogP contribution in [0.25, 0.3) is 0 Å². The molecule has 0 fully saturated rings. The molecule has 0 radical (unpaired) electrons. The van der Waals surface area contributed by atoms with E-state index in [1.54, 1.807) is 0 Å². The third-order valence-electron chi connectivity index (χ3n) is 0.0408. The van der Waals surface area contributed by atoms with Crippen molar-refractivity contribution < 1.29 is 20.7 Å². The van der Waals surface area contributed by atoms with Gasteiger partial charge in [0.25, 0.3) is 0 Å². The summed E-state index contributed by atoms with van der Waals surface area (Å²) in [6, 6.07) is 0. The number of rotatable bonds is 1. The summed E-state index contributed by atoms with van der Waals surface area (Å²) in [5.74, 6) is 0. The van der Waals surface area contributed by atoms with E-state index in [1.165, 1.54) is 0 Å². The van der Waals surface area contributed by atoms with E-state index in [4.69, 9.17) is 0 Å². The molecule has 36 valence electrons. The summed E-state index contributed by atoms with van der Waals surface area (Å²) in [5.41, 5.74) is 0. The number of hydrogen-bond acceptors (Lipinski definition) is 0. The molecule has 5 heavy (non-hydrogen) atoms. The first-order valence-corrected chi connectivity index (χ1v) is 20.2. The number of hydrogen-bond donors (Lipinski definition) is 0. The van der Waals surface area contributed by atoms with Crippen LogP contribution in [0.2, 0.25) is 0 Å². The van der Waals surface area contributed by atoms with E-state index in [9.17, 15) is 2.86 Å². The van der Waals surface area contributed by atoms with Gasteiger partial charge in [-0.2, -0.15) is 0 Å². The van der Waals surface area contributed by atoms with Crippen molar-refractivity contribution in [3.63, 3.8) is 0 Å². The first kappa shape index (κ1) is 7.85. The van der Waals surface area contributed by atoms with Crippen molar-refractivity contribution in [1.82, 2.24) is 0 Å². The van der Waals surface area contributed by atoms with Gasteiger partial charge in [-0.25, -0.2) is 0 Å². The van der Waals surface area contributed by atoms with Gasteiger partial charge in [0.15, 0.2) is 0 Å². The maximum absolute atomic E-state index is 11.3. The van der Waals surface area contributed by atoms with Gasteiger partial charge in [0.05, 0.1) is 0 Å². The Bertz CT molecular complexity index is 17.6. The van der Waals surface area contributed by atoms with Crippen LogP contribution < -0.4 is 17.8 Å². The van der Waals surface area contributed by atoms with Crippen molar-refractivity contribution in [2.45, 2.75) is 0 Å². The van der Waals surface area contributed by atoms with Crippen molar-refractivity contribution in [2.75, 3.05) is 0 Å². The summed E-state index contributed by atoms with van der Waals surface area (Å²) in [6.07, 6.45) is 0. The molecular weight excluding hydrogens is 527 g/mol. The molecule has 0 aromatic heterocycles. The van der Waals surface area contributed by atoms with Gasteiger partial charge in [0, 0.05) is 0 Å². The fourth-order valence-electron chi connectivity index (χ4n) is 0. The summed E-state index contributed by atoms with van der Waals surface area (Å²) in [4.78, 5) is 0. The van der Waals surface area contributed by atoms with E-state index in [2.05, 4.69) is 37.2 Å². The van der Waals surface area contributed by atoms with Crippen LogP contribution in [0.1, 0.15) is 0 Å². The molecule has 0 saturated heterocycles. The molecule has 0 spiro atoms. The van der Waals surface area contributed by atoms with E-state index >= 15 is 0 Å². The van der Waals surface area contributed by atoms with Gasteiger partial charge in [0.2, 0.25) is 0 Å². The maximum atomic E-state index is 11.3. The molecule has 0 atom stereocenters. The average Bonchev–Trinajstić information content (AvgIpc) is 1.38. The molecule has 0 nitrogen and oxygen atoms in total. The first-order chi connectivity index (χ1) is 2.27. The van der Waals surface area contributed by atoms with Crippen LogP contribution >= 0.6 is 45.1 Å². The molecule has 5 heteroatoms. The summed E-state index contributed by atoms with van der Waals surface area (Å²) in [7, 11) is -0.899. The van der Waals surface area contributed by atoms with Crippen molar-refractivity contribution in [3.8, 4) is 0 Å². The first-order valence-electron chi connectivity index (χ1n) is 0.571. The van der Waals surface area contributed by atoms with Gasteiger partial charge in [-0.3, -0.25) is 0 Å². The predicted octanol–water partition coefficient (Wildman–Crippen LogP) is 0.0813. The number of halogens is 5. The quantitative estimate of drug-likeness (QED) is 0.425. The summed E-state index contributed by atoms with van der Waals surface area (Å²) >= 11 is 3.63. The molecule has 0 aliphatic rings. The topological polar surface area (TPSA) is 0 Å². The second kappa shape index (κ2) is 5.00. The monoisotopic (exact) mass is 527 g/mol. The Kier molecular flexibility index (Phi) is 7.84. The summed E-state index contributed by atoms with van der Waals surface area (Å²) in [6.45, 7) is 0. The van der Waals surface area contributed by atoms with Gasteiger partial charge >= 0.3 is 65.8 Å². The van der Waals surface area contributed by atoms with E-state index in [0.29, 0.717) is 0 Å². The molecule has 0 N–H and O–H groups in total. The second-order valence-corrected chi connectivity index (χ2v) is 51.3. The van der Waals surface area contributed by atoms with Gasteiger partial charge in [0.1, 0.15) is 0 Å². The minimum absolute atomic E-state index is 0.822. The standard InChI is InChI=1S/FI4/c1-4-5(2)3/q-1. The third kappa shape index (κ3) is 6.85. The van der Waals surface area contributed by atoms with Crippen LogP contribution in [-0.4, -0.2) is 0 Å². The average molecular weight is 527 g/mol. The van der Waals surface area contributed by atoms with Crippen LogP contribution in [-0.2, 0) is 0 Å². The Hall–Kier alpha value is 2.85. The van der Waals surface area contributed by atoms with E-state index in [-0.39, 0.29) is 0 Å². The van der Waals surface area contributed by atoms with Gasteiger partial charge in [-0.05, 0) is 0 Å². The zero-order valence-corrected chi connectivity index (χ0v) is 10.5. The summed E-state index contributed by atoms with van der Waals surface area (Å²) in [5, 5.41) is 0. The Morgan fingerprint density at radius 1 is 1.60 bits per heavy atom. The normalized spacial score (nSPS) is 12.2. The van der Waals surface area contributed by atoms with Crippen molar-refractivity contribution in [2.24, 2.45) is 0 Å². The fourth-order valence-corrected chi connectivity index (χ4v) is 0. The Morgan fingerprint density at radius 2 is 1.80 bits per heavy atom. The van der Waals surface area contributed by atoms with Crippen LogP contribution in [0.4, 0.5) is 2.86 Å². The summed E-state index contributed by atoms with van der Waals surface area (Å²) < 4.78 is 11.3. The molecule has 0 aliphatic carbocycles. The van der Waals surface area contributed by atoms with E-state index in [0.717, 1.165) is 0 Å². The van der Waals surface area contributed by atoms with Crippen LogP contribution in [0.5, 0.6) is 0 Å². The molecular formula is FI4-. The van der Waals surface area contributed by atoms with Crippen molar-refractivity contribution >= 4 is 45.1 Å². The van der Waals surface area contributed by atoms with Crippen molar-refractivity contribution in [1.29, 1.82) is 0 Å². The molecule has 0 aromatic carbocycles. The molecule has 0 rings (SSSR count). The van der Waals surface area contributed by atoms with Gasteiger partial charge < -0.3 is 0 Å². The third-order valence-corrected chi connectivity index (χ3v) is 12.3. The molecule has 0 bridgehead atoms. The molecule has 0 heterocycles. The second-order valence-electron chi connectivity index (χ2n) is 0.216. The van der Waals surface area contributed by atoms with Crippen LogP contribution in [0.15, 0.2) is 0 Å². The molecule has 0 aliphatic heterocycles. The zero-order chi connectivity index (χ0) is 4.28.